The molecule has 1 aromatic carbocycles. The monoisotopic (exact) mass is 487 g/mol. The zero-order valence-corrected chi connectivity index (χ0v) is 18.0. The number of halogens is 5. The highest BCUT2D eigenvalue weighted by atomic mass is 19.4. The van der Waals surface area contributed by atoms with Crippen molar-refractivity contribution in [3.05, 3.63) is 36.5 Å². The van der Waals surface area contributed by atoms with E-state index in [1.165, 1.54) is 0 Å². The van der Waals surface area contributed by atoms with Gasteiger partial charge in [-0.05, 0) is 37.2 Å². The zero-order chi connectivity index (χ0) is 24.5. The molecular formula is C21H22F5N5O3. The summed E-state index contributed by atoms with van der Waals surface area (Å²) in [6.45, 7) is 0.977. The van der Waals surface area contributed by atoms with Gasteiger partial charge in [0.05, 0.1) is 17.7 Å². The average Bonchev–Trinajstić information content (AvgIpc) is 3.25. The van der Waals surface area contributed by atoms with Crippen molar-refractivity contribution in [2.45, 2.75) is 38.5 Å². The van der Waals surface area contributed by atoms with Crippen LogP contribution in [0.2, 0.25) is 0 Å². The van der Waals surface area contributed by atoms with Crippen molar-refractivity contribution in [1.82, 2.24) is 19.5 Å². The Hall–Kier alpha value is -3.19. The summed E-state index contributed by atoms with van der Waals surface area (Å²) >= 11 is 0. The Kier molecular flexibility index (Phi) is 6.75. The van der Waals surface area contributed by atoms with Crippen LogP contribution in [0.1, 0.15) is 13.3 Å². The van der Waals surface area contributed by atoms with Gasteiger partial charge in [-0.1, -0.05) is 6.92 Å². The van der Waals surface area contributed by atoms with Gasteiger partial charge >= 0.3 is 13.0 Å². The SMILES string of the molecule is CCN1CC[C@@H](O)[C@@H](Nc2nnc(-c3ccc(OC(F)F)cc3OC(F)(F)F)c3cccn23)C1. The number of aromatic nitrogens is 3. The van der Waals surface area contributed by atoms with Gasteiger partial charge in [0, 0.05) is 30.9 Å². The van der Waals surface area contributed by atoms with Crippen molar-refractivity contribution < 1.29 is 36.5 Å². The van der Waals surface area contributed by atoms with Gasteiger partial charge in [-0.2, -0.15) is 8.78 Å². The molecule has 3 aromatic rings. The molecule has 0 spiro atoms. The number of fused-ring (bicyclic) bond motifs is 1. The van der Waals surface area contributed by atoms with Gasteiger partial charge in [-0.3, -0.25) is 4.40 Å². The van der Waals surface area contributed by atoms with Gasteiger partial charge in [0.2, 0.25) is 5.95 Å². The quantitative estimate of drug-likeness (QED) is 0.491. The van der Waals surface area contributed by atoms with E-state index < -0.39 is 30.6 Å². The number of nitrogens with one attached hydrogen (secondary N) is 1. The number of piperidine rings is 1. The fraction of sp³-hybridized carbons (Fsp3) is 0.429. The molecule has 1 saturated heterocycles. The van der Waals surface area contributed by atoms with Gasteiger partial charge < -0.3 is 24.8 Å². The first kappa shape index (κ1) is 24.0. The van der Waals surface area contributed by atoms with E-state index in [1.54, 1.807) is 22.7 Å². The molecule has 1 fully saturated rings. The highest BCUT2D eigenvalue weighted by Crippen LogP contribution is 2.38. The Balaban J connectivity index is 1.71. The van der Waals surface area contributed by atoms with Crippen LogP contribution in [-0.2, 0) is 0 Å². The number of hydrogen-bond donors (Lipinski definition) is 2. The van der Waals surface area contributed by atoms with Crippen molar-refractivity contribution in [2.24, 2.45) is 0 Å². The Morgan fingerprint density at radius 2 is 2.03 bits per heavy atom. The van der Waals surface area contributed by atoms with Crippen LogP contribution in [0.5, 0.6) is 11.5 Å². The molecule has 2 N–H and O–H groups in total. The predicted octanol–water partition coefficient (Wildman–Crippen LogP) is 3.76. The van der Waals surface area contributed by atoms with Crippen molar-refractivity contribution in [1.29, 1.82) is 0 Å². The molecule has 8 nitrogen and oxygen atoms in total. The van der Waals surface area contributed by atoms with E-state index in [0.717, 1.165) is 31.3 Å². The number of anilines is 1. The Morgan fingerprint density at radius 3 is 2.74 bits per heavy atom. The molecule has 0 bridgehead atoms. The van der Waals surface area contributed by atoms with Crippen LogP contribution in [0.3, 0.4) is 0 Å². The molecule has 4 rings (SSSR count). The highest BCUT2D eigenvalue weighted by molar-refractivity contribution is 5.82. The van der Waals surface area contributed by atoms with Crippen molar-refractivity contribution in [3.63, 3.8) is 0 Å². The molecule has 0 amide bonds. The van der Waals surface area contributed by atoms with Crippen molar-refractivity contribution in [3.8, 4) is 22.8 Å². The highest BCUT2D eigenvalue weighted by Gasteiger charge is 2.33. The predicted molar refractivity (Wildman–Crippen MR) is 112 cm³/mol. The average molecular weight is 487 g/mol. The molecule has 0 aliphatic carbocycles. The summed E-state index contributed by atoms with van der Waals surface area (Å²) in [7, 11) is 0. The van der Waals surface area contributed by atoms with E-state index in [1.807, 2.05) is 6.92 Å². The fourth-order valence-corrected chi connectivity index (χ4v) is 3.93. The third kappa shape index (κ3) is 5.30. The van der Waals surface area contributed by atoms with Gasteiger partial charge in [-0.15, -0.1) is 23.4 Å². The lowest BCUT2D eigenvalue weighted by Gasteiger charge is -2.36. The van der Waals surface area contributed by atoms with Gasteiger partial charge in [0.15, 0.2) is 0 Å². The molecule has 1 aliphatic rings. The standard InChI is InChI=1S/C21H22F5N5O3/c1-2-30-9-7-16(32)14(11-30)27-20-29-28-18(15-4-3-8-31(15)20)13-6-5-12(33-19(22)23)10-17(13)34-21(24,25)26/h3-6,8,10,14,16,19,32H,2,7,9,11H2,1H3,(H,27,29)/t14-,16+/m0/s1. The number of likely N-dealkylation sites (tertiary alicyclic amines) is 1. The molecule has 0 radical (unpaired) electrons. The molecule has 3 heterocycles. The van der Waals surface area contributed by atoms with Crippen molar-refractivity contribution >= 4 is 11.5 Å². The van der Waals surface area contributed by atoms with E-state index in [2.05, 4.69) is 29.9 Å². The van der Waals surface area contributed by atoms with E-state index in [9.17, 15) is 27.1 Å². The van der Waals surface area contributed by atoms with E-state index in [-0.39, 0.29) is 17.3 Å². The third-order valence-corrected chi connectivity index (χ3v) is 5.55. The lowest BCUT2D eigenvalue weighted by molar-refractivity contribution is -0.274. The number of likely N-dealkylation sites (N-methyl/N-ethyl adjacent to an activating group) is 1. The van der Waals surface area contributed by atoms with Crippen LogP contribution in [-0.4, -0.2) is 69.4 Å². The molecule has 184 valence electrons. The summed E-state index contributed by atoms with van der Waals surface area (Å²) in [6.07, 6.45) is -3.46. The second kappa shape index (κ2) is 9.58. The molecule has 2 atom stereocenters. The molecule has 2 aromatic heterocycles. The molecule has 0 saturated carbocycles. The second-order valence-corrected chi connectivity index (χ2v) is 7.72. The van der Waals surface area contributed by atoms with E-state index in [0.29, 0.717) is 24.4 Å². The Bertz CT molecular complexity index is 1140. The number of benzene rings is 1. The van der Waals surface area contributed by atoms with Crippen molar-refractivity contribution in [2.75, 3.05) is 25.0 Å². The summed E-state index contributed by atoms with van der Waals surface area (Å²) in [4.78, 5) is 2.17. The molecule has 1 aliphatic heterocycles. The van der Waals surface area contributed by atoms with Gasteiger partial charge in [-0.25, -0.2) is 0 Å². The first-order valence-corrected chi connectivity index (χ1v) is 10.5. The number of aliphatic hydroxyl groups is 1. The van der Waals surface area contributed by atoms with Crippen LogP contribution in [0.15, 0.2) is 36.5 Å². The summed E-state index contributed by atoms with van der Waals surface area (Å²) in [5, 5.41) is 21.8. The number of nitrogens with zero attached hydrogens (tertiary/aromatic N) is 4. The lowest BCUT2D eigenvalue weighted by Crippen LogP contribution is -2.50. The Morgan fingerprint density at radius 1 is 1.24 bits per heavy atom. The minimum atomic E-state index is -5.08. The van der Waals surface area contributed by atoms with E-state index >= 15 is 0 Å². The normalized spacial score (nSPS) is 19.5. The maximum Gasteiger partial charge on any atom is 0.573 e. The van der Waals surface area contributed by atoms with Crippen LogP contribution in [0, 0.1) is 0 Å². The maximum atomic E-state index is 13.0. The number of aliphatic hydroxyl groups excluding tert-OH is 1. The molecule has 0 unspecified atom stereocenters. The fourth-order valence-electron chi connectivity index (χ4n) is 3.93. The number of hydrogen-bond acceptors (Lipinski definition) is 7. The number of rotatable bonds is 7. The lowest BCUT2D eigenvalue weighted by atomic mass is 10.0. The molecule has 34 heavy (non-hydrogen) atoms. The third-order valence-electron chi connectivity index (χ3n) is 5.55. The summed E-state index contributed by atoms with van der Waals surface area (Å²) in [5.41, 5.74) is 0.319. The first-order valence-electron chi connectivity index (χ1n) is 10.5. The summed E-state index contributed by atoms with van der Waals surface area (Å²) < 4.78 is 74.0. The minimum Gasteiger partial charge on any atom is -0.435 e. The summed E-state index contributed by atoms with van der Waals surface area (Å²) in [6, 6.07) is 5.91. The summed E-state index contributed by atoms with van der Waals surface area (Å²) in [5.74, 6) is -0.964. The maximum absolute atomic E-state index is 13.0. The van der Waals surface area contributed by atoms with Gasteiger partial charge in [0.1, 0.15) is 17.2 Å². The van der Waals surface area contributed by atoms with Crippen LogP contribution >= 0.6 is 0 Å². The second-order valence-electron chi connectivity index (χ2n) is 7.72. The molecular weight excluding hydrogens is 465 g/mol. The Labute approximate surface area is 190 Å². The van der Waals surface area contributed by atoms with Crippen LogP contribution < -0.4 is 14.8 Å². The largest absolute Gasteiger partial charge is 0.573 e. The van der Waals surface area contributed by atoms with Crippen LogP contribution in [0.25, 0.3) is 16.8 Å². The van der Waals surface area contributed by atoms with Gasteiger partial charge in [0.25, 0.3) is 0 Å². The number of alkyl halides is 5. The minimum absolute atomic E-state index is 0.0396. The van der Waals surface area contributed by atoms with Crippen LogP contribution in [0.4, 0.5) is 27.9 Å². The molecule has 13 heteroatoms. The topological polar surface area (TPSA) is 84.2 Å². The number of ether oxygens (including phenoxy) is 2. The van der Waals surface area contributed by atoms with E-state index in [4.69, 9.17) is 0 Å². The smallest absolute Gasteiger partial charge is 0.435 e. The zero-order valence-electron chi connectivity index (χ0n) is 18.0. The first-order chi connectivity index (χ1) is 16.1.